The van der Waals surface area contributed by atoms with E-state index in [-0.39, 0.29) is 23.1 Å². The number of hydrogen-bond donors (Lipinski definition) is 3. The Morgan fingerprint density at radius 1 is 1.26 bits per heavy atom. The summed E-state index contributed by atoms with van der Waals surface area (Å²) in [4.78, 5) is 24.1. The van der Waals surface area contributed by atoms with Gasteiger partial charge in [0.25, 0.3) is 0 Å². The van der Waals surface area contributed by atoms with E-state index in [0.29, 0.717) is 31.6 Å². The van der Waals surface area contributed by atoms with Crippen molar-refractivity contribution in [3.05, 3.63) is 23.8 Å². The van der Waals surface area contributed by atoms with Gasteiger partial charge in [-0.3, -0.25) is 4.79 Å². The van der Waals surface area contributed by atoms with Crippen molar-refractivity contribution in [3.63, 3.8) is 0 Å². The van der Waals surface area contributed by atoms with Gasteiger partial charge in [-0.15, -0.1) is 0 Å². The van der Waals surface area contributed by atoms with E-state index < -0.39 is 5.97 Å². The smallest absolute Gasteiger partial charge is 0.337 e. The summed E-state index contributed by atoms with van der Waals surface area (Å²) in [6.07, 6.45) is 1.35. The first-order valence-electron chi connectivity index (χ1n) is 6.16. The molecule has 0 bridgehead atoms. The molecule has 0 atom stereocenters. The van der Waals surface area contributed by atoms with Crippen molar-refractivity contribution in [2.45, 2.75) is 12.8 Å². The van der Waals surface area contributed by atoms with Crippen LogP contribution in [0.1, 0.15) is 23.2 Å². The van der Waals surface area contributed by atoms with E-state index in [9.17, 15) is 9.59 Å². The molecule has 1 aromatic rings. The van der Waals surface area contributed by atoms with Gasteiger partial charge in [-0.1, -0.05) is 6.07 Å². The van der Waals surface area contributed by atoms with Gasteiger partial charge in [-0.25, -0.2) is 4.79 Å². The summed E-state index contributed by atoms with van der Waals surface area (Å²) in [6, 6.07) is 4.96. The van der Waals surface area contributed by atoms with Gasteiger partial charge in [-0.2, -0.15) is 0 Å². The Hall–Kier alpha value is -2.24. The van der Waals surface area contributed by atoms with Crippen LogP contribution in [0.5, 0.6) is 0 Å². The van der Waals surface area contributed by atoms with Crippen LogP contribution in [0.2, 0.25) is 0 Å². The lowest BCUT2D eigenvalue weighted by atomic mass is 9.95. The van der Waals surface area contributed by atoms with Gasteiger partial charge in [-0.05, 0) is 25.0 Å². The van der Waals surface area contributed by atoms with Crippen molar-refractivity contribution < 1.29 is 14.7 Å². The maximum Gasteiger partial charge on any atom is 0.337 e. The summed E-state index contributed by atoms with van der Waals surface area (Å²) >= 11 is 0. The van der Waals surface area contributed by atoms with E-state index in [1.165, 1.54) is 6.07 Å². The predicted molar refractivity (Wildman–Crippen MR) is 71.9 cm³/mol. The molecule has 0 saturated carbocycles. The van der Waals surface area contributed by atoms with Crippen LogP contribution >= 0.6 is 0 Å². The van der Waals surface area contributed by atoms with E-state index >= 15 is 0 Å². The minimum Gasteiger partial charge on any atom is -0.478 e. The van der Waals surface area contributed by atoms with Gasteiger partial charge in [0.15, 0.2) is 0 Å². The van der Waals surface area contributed by atoms with Gasteiger partial charge in [0, 0.05) is 19.0 Å². The third kappa shape index (κ3) is 2.62. The molecule has 1 fully saturated rings. The van der Waals surface area contributed by atoms with Crippen molar-refractivity contribution >= 4 is 23.3 Å². The number of aromatic carboxylic acids is 1. The molecule has 2 rings (SSSR count). The number of benzene rings is 1. The third-order valence-electron chi connectivity index (χ3n) is 3.55. The van der Waals surface area contributed by atoms with Crippen molar-refractivity contribution in [2.75, 3.05) is 23.7 Å². The Morgan fingerprint density at radius 3 is 2.42 bits per heavy atom. The highest BCUT2D eigenvalue weighted by molar-refractivity contribution is 5.97. The zero-order chi connectivity index (χ0) is 14.0. The number of amides is 1. The van der Waals surface area contributed by atoms with E-state index in [2.05, 4.69) is 0 Å². The average Bonchev–Trinajstić information content (AvgIpc) is 2.38. The van der Waals surface area contributed by atoms with E-state index in [0.717, 1.165) is 0 Å². The molecule has 6 nitrogen and oxygen atoms in total. The minimum absolute atomic E-state index is 0.0971. The van der Waals surface area contributed by atoms with Crippen molar-refractivity contribution in [2.24, 2.45) is 11.7 Å². The highest BCUT2D eigenvalue weighted by Crippen LogP contribution is 2.30. The first-order valence-corrected chi connectivity index (χ1v) is 6.16. The quantitative estimate of drug-likeness (QED) is 0.694. The molecule has 0 spiro atoms. The molecule has 0 aliphatic carbocycles. The molecular formula is C13H17N3O3. The van der Waals surface area contributed by atoms with Crippen LogP contribution in [0.4, 0.5) is 11.4 Å². The summed E-state index contributed by atoms with van der Waals surface area (Å²) in [5, 5.41) is 9.04. The molecule has 0 aromatic heterocycles. The number of para-hydroxylation sites is 1. The molecule has 0 unspecified atom stereocenters. The summed E-state index contributed by atoms with van der Waals surface area (Å²) in [5.41, 5.74) is 12.3. The van der Waals surface area contributed by atoms with Gasteiger partial charge < -0.3 is 21.5 Å². The number of carboxylic acid groups (broad SMARTS) is 1. The van der Waals surface area contributed by atoms with Gasteiger partial charge in [0.1, 0.15) is 0 Å². The second-order valence-corrected chi connectivity index (χ2v) is 4.71. The lowest BCUT2D eigenvalue weighted by Crippen LogP contribution is -2.38. The van der Waals surface area contributed by atoms with Crippen LogP contribution < -0.4 is 16.4 Å². The van der Waals surface area contributed by atoms with Crippen LogP contribution in [0.15, 0.2) is 18.2 Å². The number of carbonyl (C=O) groups excluding carboxylic acids is 1. The summed E-state index contributed by atoms with van der Waals surface area (Å²) < 4.78 is 0. The second-order valence-electron chi connectivity index (χ2n) is 4.71. The number of rotatable bonds is 3. The number of piperidine rings is 1. The number of anilines is 2. The number of primary amides is 1. The largest absolute Gasteiger partial charge is 0.478 e. The summed E-state index contributed by atoms with van der Waals surface area (Å²) in [7, 11) is 0. The molecule has 19 heavy (non-hydrogen) atoms. The lowest BCUT2D eigenvalue weighted by Gasteiger charge is -2.33. The fraction of sp³-hybridized carbons (Fsp3) is 0.385. The Balaban J connectivity index is 2.18. The monoisotopic (exact) mass is 263 g/mol. The summed E-state index contributed by atoms with van der Waals surface area (Å²) in [6.45, 7) is 1.31. The number of carbonyl (C=O) groups is 2. The number of nitrogens with zero attached hydrogens (tertiary/aromatic N) is 1. The molecular weight excluding hydrogens is 246 g/mol. The van der Waals surface area contributed by atoms with Crippen molar-refractivity contribution in [1.29, 1.82) is 0 Å². The van der Waals surface area contributed by atoms with Gasteiger partial charge >= 0.3 is 5.97 Å². The standard InChI is InChI=1S/C13H17N3O3/c14-11-9(13(18)19)2-1-3-10(11)16-6-4-8(5-7-16)12(15)17/h1-3,8H,4-7,14H2,(H2,15,17)(H,18,19). The first kappa shape index (κ1) is 13.2. The number of hydrogen-bond acceptors (Lipinski definition) is 4. The Bertz CT molecular complexity index is 508. The maximum atomic E-state index is 11.1. The Morgan fingerprint density at radius 2 is 1.89 bits per heavy atom. The molecule has 1 heterocycles. The van der Waals surface area contributed by atoms with E-state index in [1.807, 2.05) is 4.90 Å². The van der Waals surface area contributed by atoms with E-state index in [4.69, 9.17) is 16.6 Å². The average molecular weight is 263 g/mol. The Kier molecular flexibility index (Phi) is 3.59. The highest BCUT2D eigenvalue weighted by Gasteiger charge is 2.25. The van der Waals surface area contributed by atoms with Crippen LogP contribution in [-0.2, 0) is 4.79 Å². The van der Waals surface area contributed by atoms with Gasteiger partial charge in [0.05, 0.1) is 16.9 Å². The fourth-order valence-electron chi connectivity index (χ4n) is 2.42. The first-order chi connectivity index (χ1) is 9.00. The molecule has 1 aliphatic rings. The maximum absolute atomic E-state index is 11.1. The minimum atomic E-state index is -1.04. The zero-order valence-corrected chi connectivity index (χ0v) is 10.5. The number of nitrogen functional groups attached to an aromatic ring is 1. The Labute approximate surface area is 111 Å². The van der Waals surface area contributed by atoms with Crippen LogP contribution in [0.3, 0.4) is 0 Å². The fourth-order valence-corrected chi connectivity index (χ4v) is 2.42. The van der Waals surface area contributed by atoms with Gasteiger partial charge in [0.2, 0.25) is 5.91 Å². The number of carboxylic acids is 1. The van der Waals surface area contributed by atoms with Crippen molar-refractivity contribution in [1.82, 2.24) is 0 Å². The topological polar surface area (TPSA) is 110 Å². The molecule has 1 aromatic carbocycles. The van der Waals surface area contributed by atoms with E-state index in [1.54, 1.807) is 12.1 Å². The second kappa shape index (κ2) is 5.17. The summed E-state index contributed by atoms with van der Waals surface area (Å²) in [5.74, 6) is -1.40. The molecule has 6 heteroatoms. The third-order valence-corrected chi connectivity index (χ3v) is 3.55. The zero-order valence-electron chi connectivity index (χ0n) is 10.5. The molecule has 102 valence electrons. The molecule has 1 saturated heterocycles. The van der Waals surface area contributed by atoms with Crippen LogP contribution in [-0.4, -0.2) is 30.1 Å². The van der Waals surface area contributed by atoms with Crippen LogP contribution in [0.25, 0.3) is 0 Å². The molecule has 5 N–H and O–H groups in total. The number of nitrogens with two attached hydrogens (primary N) is 2. The normalized spacial score (nSPS) is 16.3. The predicted octanol–water partition coefficient (Wildman–Crippen LogP) is 0.669. The molecule has 1 aliphatic heterocycles. The lowest BCUT2D eigenvalue weighted by molar-refractivity contribution is -0.122. The highest BCUT2D eigenvalue weighted by atomic mass is 16.4. The van der Waals surface area contributed by atoms with Crippen LogP contribution in [0, 0.1) is 5.92 Å². The molecule has 1 amide bonds. The molecule has 0 radical (unpaired) electrons. The van der Waals surface area contributed by atoms with Crippen molar-refractivity contribution in [3.8, 4) is 0 Å². The SMILES string of the molecule is NC(=O)C1CCN(c2cccc(C(=O)O)c2N)CC1.